The van der Waals surface area contributed by atoms with Crippen molar-refractivity contribution in [1.29, 1.82) is 0 Å². The van der Waals surface area contributed by atoms with Gasteiger partial charge in [-0.3, -0.25) is 4.79 Å². The predicted molar refractivity (Wildman–Crippen MR) is 98.7 cm³/mol. The highest BCUT2D eigenvalue weighted by Gasteiger charge is 2.31. The molecule has 1 heterocycles. The largest absolute Gasteiger partial charge is 0.481 e. The number of carbonyl (C=O) groups excluding carboxylic acids is 1. The maximum Gasteiger partial charge on any atom is 0.410 e. The van der Waals surface area contributed by atoms with Crippen molar-refractivity contribution in [3.63, 3.8) is 0 Å². The fourth-order valence-corrected chi connectivity index (χ4v) is 3.26. The average molecular weight is 371 g/mol. The zero-order valence-corrected chi connectivity index (χ0v) is 15.1. The molecule has 2 atom stereocenters. The smallest absolute Gasteiger partial charge is 0.410 e. The summed E-state index contributed by atoms with van der Waals surface area (Å²) < 4.78 is 18.4. The van der Waals surface area contributed by atoms with Crippen molar-refractivity contribution < 1.29 is 23.8 Å². The molecule has 0 bridgehead atoms. The molecule has 1 aliphatic heterocycles. The number of hydrogen-bond acceptors (Lipinski definition) is 3. The fraction of sp³-hybridized carbons (Fsp3) is 0.333. The van der Waals surface area contributed by atoms with E-state index in [2.05, 4.69) is 0 Å². The molecule has 3 rings (SSSR count). The topological polar surface area (TPSA) is 66.8 Å². The van der Waals surface area contributed by atoms with Gasteiger partial charge in [-0.15, -0.1) is 0 Å². The van der Waals surface area contributed by atoms with Crippen LogP contribution in [0.1, 0.15) is 37.8 Å². The number of cyclic esters (lactones) is 1. The molecule has 1 saturated heterocycles. The van der Waals surface area contributed by atoms with Crippen molar-refractivity contribution in [3.8, 4) is 11.1 Å². The van der Waals surface area contributed by atoms with E-state index >= 15 is 0 Å². The summed E-state index contributed by atoms with van der Waals surface area (Å²) in [6.45, 7) is 2.47. The summed E-state index contributed by atoms with van der Waals surface area (Å²) in [7, 11) is 0. The van der Waals surface area contributed by atoms with Crippen LogP contribution in [0, 0.1) is 5.82 Å². The number of carbonyl (C=O) groups is 2. The minimum absolute atomic E-state index is 0.00164. The number of rotatable bonds is 6. The van der Waals surface area contributed by atoms with Gasteiger partial charge in [-0.1, -0.05) is 36.4 Å². The lowest BCUT2D eigenvalue weighted by Crippen LogP contribution is -2.43. The van der Waals surface area contributed by atoms with Gasteiger partial charge in [-0.2, -0.15) is 0 Å². The van der Waals surface area contributed by atoms with Crippen molar-refractivity contribution in [3.05, 3.63) is 59.9 Å². The number of carboxylic acids is 1. The Morgan fingerprint density at radius 1 is 1.19 bits per heavy atom. The third-order valence-electron chi connectivity index (χ3n) is 4.91. The summed E-state index contributed by atoms with van der Waals surface area (Å²) in [5.74, 6) is -1.16. The molecule has 0 radical (unpaired) electrons. The first kappa shape index (κ1) is 18.9. The molecular weight excluding hydrogens is 349 g/mol. The lowest BCUT2D eigenvalue weighted by Gasteiger charge is -2.35. The van der Waals surface area contributed by atoms with Crippen molar-refractivity contribution in [2.24, 2.45) is 0 Å². The molecular formula is C21H22FNO4. The van der Waals surface area contributed by atoms with Gasteiger partial charge in [-0.05, 0) is 42.2 Å². The van der Waals surface area contributed by atoms with Gasteiger partial charge in [0.05, 0.1) is 6.04 Å². The van der Waals surface area contributed by atoms with Crippen LogP contribution in [0.3, 0.4) is 0 Å². The highest BCUT2D eigenvalue weighted by molar-refractivity contribution is 5.70. The lowest BCUT2D eigenvalue weighted by atomic mass is 10.00. The zero-order chi connectivity index (χ0) is 19.4. The molecule has 0 saturated carbocycles. The van der Waals surface area contributed by atoms with Crippen molar-refractivity contribution in [1.82, 2.24) is 4.90 Å². The fourth-order valence-electron chi connectivity index (χ4n) is 3.26. The second kappa shape index (κ2) is 8.20. The van der Waals surface area contributed by atoms with Gasteiger partial charge >= 0.3 is 12.1 Å². The Kier molecular flexibility index (Phi) is 5.74. The monoisotopic (exact) mass is 371 g/mol. The molecule has 5 nitrogen and oxygen atoms in total. The number of halogens is 1. The molecule has 0 spiro atoms. The standard InChI is InChI=1S/C21H22FNO4/c1-14(23-13-12-19(27-21(23)26)10-11-20(24)25)15-2-4-16(5-3-15)17-6-8-18(22)9-7-17/h2-9,14,19H,10-13H2,1H3,(H,24,25). The Morgan fingerprint density at radius 3 is 2.33 bits per heavy atom. The van der Waals surface area contributed by atoms with E-state index in [-0.39, 0.29) is 24.4 Å². The normalized spacial score (nSPS) is 18.1. The molecule has 2 aromatic carbocycles. The Labute approximate surface area is 157 Å². The number of hydrogen-bond donors (Lipinski definition) is 1. The van der Waals surface area contributed by atoms with Crippen LogP contribution in [0.15, 0.2) is 48.5 Å². The molecule has 142 valence electrons. The third-order valence-corrected chi connectivity index (χ3v) is 4.91. The van der Waals surface area contributed by atoms with Gasteiger partial charge in [0.1, 0.15) is 11.9 Å². The van der Waals surface area contributed by atoms with Gasteiger partial charge in [0, 0.05) is 19.4 Å². The van der Waals surface area contributed by atoms with Crippen molar-refractivity contribution in [2.75, 3.05) is 6.54 Å². The van der Waals surface area contributed by atoms with E-state index in [1.165, 1.54) is 12.1 Å². The van der Waals surface area contributed by atoms with E-state index in [9.17, 15) is 14.0 Å². The van der Waals surface area contributed by atoms with Crippen LogP contribution in [-0.4, -0.2) is 34.7 Å². The number of benzene rings is 2. The first-order valence-corrected chi connectivity index (χ1v) is 8.99. The number of nitrogens with zero attached hydrogens (tertiary/aromatic N) is 1. The molecule has 27 heavy (non-hydrogen) atoms. The molecule has 1 amide bonds. The average Bonchev–Trinajstić information content (AvgIpc) is 2.67. The number of amides is 1. The summed E-state index contributed by atoms with van der Waals surface area (Å²) in [4.78, 5) is 24.6. The van der Waals surface area contributed by atoms with Crippen LogP contribution < -0.4 is 0 Å². The van der Waals surface area contributed by atoms with Gasteiger partial charge in [-0.25, -0.2) is 9.18 Å². The number of carboxylic acid groups (broad SMARTS) is 1. The van der Waals surface area contributed by atoms with Gasteiger partial charge < -0.3 is 14.7 Å². The Morgan fingerprint density at radius 2 is 1.78 bits per heavy atom. The predicted octanol–water partition coefficient (Wildman–Crippen LogP) is 4.63. The second-order valence-electron chi connectivity index (χ2n) is 6.73. The quantitative estimate of drug-likeness (QED) is 0.804. The molecule has 0 aliphatic carbocycles. The minimum atomic E-state index is -0.886. The molecule has 2 aromatic rings. The van der Waals surface area contributed by atoms with Crippen LogP contribution in [0.5, 0.6) is 0 Å². The molecule has 1 aliphatic rings. The van der Waals surface area contributed by atoms with Crippen LogP contribution in [0.25, 0.3) is 11.1 Å². The summed E-state index contributed by atoms with van der Waals surface area (Å²) in [6.07, 6.45) is 0.218. The number of aliphatic carboxylic acids is 1. The summed E-state index contributed by atoms with van der Waals surface area (Å²) >= 11 is 0. The van der Waals surface area contributed by atoms with Gasteiger partial charge in [0.2, 0.25) is 0 Å². The van der Waals surface area contributed by atoms with E-state index in [1.54, 1.807) is 17.0 Å². The Hall–Kier alpha value is -2.89. The minimum Gasteiger partial charge on any atom is -0.481 e. The molecule has 1 fully saturated rings. The van der Waals surface area contributed by atoms with Crippen LogP contribution in [-0.2, 0) is 9.53 Å². The highest BCUT2D eigenvalue weighted by Crippen LogP contribution is 2.28. The summed E-state index contributed by atoms with van der Waals surface area (Å²) in [6, 6.07) is 14.0. The highest BCUT2D eigenvalue weighted by atomic mass is 19.1. The third kappa shape index (κ3) is 4.64. The lowest BCUT2D eigenvalue weighted by molar-refractivity contribution is -0.137. The zero-order valence-electron chi connectivity index (χ0n) is 15.1. The molecule has 2 unspecified atom stereocenters. The molecule has 6 heteroatoms. The van der Waals surface area contributed by atoms with E-state index in [0.29, 0.717) is 19.4 Å². The van der Waals surface area contributed by atoms with Crippen LogP contribution in [0.2, 0.25) is 0 Å². The molecule has 1 N–H and O–H groups in total. The maximum atomic E-state index is 13.1. The van der Waals surface area contributed by atoms with Gasteiger partial charge in [0.15, 0.2) is 0 Å². The van der Waals surface area contributed by atoms with Crippen molar-refractivity contribution >= 4 is 12.1 Å². The van der Waals surface area contributed by atoms with E-state index in [0.717, 1.165) is 16.7 Å². The van der Waals surface area contributed by atoms with E-state index in [4.69, 9.17) is 9.84 Å². The molecule has 0 aromatic heterocycles. The SMILES string of the molecule is CC(c1ccc(-c2ccc(F)cc2)cc1)N1CCC(CCC(=O)O)OC1=O. The number of ether oxygens (including phenoxy) is 1. The Bertz CT molecular complexity index is 804. The van der Waals surface area contributed by atoms with Gasteiger partial charge in [0.25, 0.3) is 0 Å². The summed E-state index contributed by atoms with van der Waals surface area (Å²) in [5.41, 5.74) is 2.87. The first-order valence-electron chi connectivity index (χ1n) is 8.99. The maximum absolute atomic E-state index is 13.1. The van der Waals surface area contributed by atoms with Crippen LogP contribution >= 0.6 is 0 Å². The first-order chi connectivity index (χ1) is 12.9. The van der Waals surface area contributed by atoms with E-state index < -0.39 is 12.1 Å². The summed E-state index contributed by atoms with van der Waals surface area (Å²) in [5, 5.41) is 8.75. The Balaban J connectivity index is 1.64. The van der Waals surface area contributed by atoms with Crippen molar-refractivity contribution in [2.45, 2.75) is 38.3 Å². The second-order valence-corrected chi connectivity index (χ2v) is 6.73. The van der Waals surface area contributed by atoms with Crippen LogP contribution in [0.4, 0.5) is 9.18 Å². The van der Waals surface area contributed by atoms with E-state index in [1.807, 2.05) is 31.2 Å².